The van der Waals surface area contributed by atoms with Gasteiger partial charge in [-0.05, 0) is 38.5 Å². The molecule has 5 nitrogen and oxygen atoms in total. The molecule has 0 saturated carbocycles. The van der Waals surface area contributed by atoms with Gasteiger partial charge in [0.1, 0.15) is 12.1 Å². The first-order chi connectivity index (χ1) is 9.23. The van der Waals surface area contributed by atoms with Crippen LogP contribution in [0, 0.1) is 6.92 Å². The Hall–Kier alpha value is -1.88. The van der Waals surface area contributed by atoms with Crippen LogP contribution in [0.1, 0.15) is 29.8 Å². The number of piperazine rings is 1. The average Bonchev–Trinajstić information content (AvgIpc) is 2.33. The number of imide groups is 1. The first-order valence-corrected chi connectivity index (χ1v) is 6.53. The van der Waals surface area contributed by atoms with Gasteiger partial charge in [0, 0.05) is 0 Å². The normalized spacial score (nSPS) is 17.9. The van der Waals surface area contributed by atoms with Crippen molar-refractivity contribution in [3.63, 3.8) is 0 Å². The summed E-state index contributed by atoms with van der Waals surface area (Å²) >= 11 is 6.08. The van der Waals surface area contributed by atoms with E-state index in [0.717, 1.165) is 5.56 Å². The molecule has 106 valence electrons. The fourth-order valence-electron chi connectivity index (χ4n) is 2.05. The second-order valence-corrected chi connectivity index (χ2v) is 5.72. The Balaban J connectivity index is 2.40. The van der Waals surface area contributed by atoms with Crippen LogP contribution in [-0.4, -0.2) is 34.7 Å². The number of amides is 3. The fourth-order valence-corrected chi connectivity index (χ4v) is 2.36. The van der Waals surface area contributed by atoms with E-state index in [2.05, 4.69) is 5.32 Å². The van der Waals surface area contributed by atoms with Crippen LogP contribution in [0.25, 0.3) is 0 Å². The SMILES string of the molecule is Cc1ccc(C(=O)N2CC(=O)NC(=O)C2(C)C)c(Cl)c1. The van der Waals surface area contributed by atoms with Crippen LogP contribution in [0.5, 0.6) is 0 Å². The van der Waals surface area contributed by atoms with E-state index in [1.807, 2.05) is 6.92 Å². The van der Waals surface area contributed by atoms with E-state index in [1.165, 1.54) is 4.90 Å². The Labute approximate surface area is 121 Å². The minimum Gasteiger partial charge on any atom is -0.315 e. The maximum atomic E-state index is 12.5. The molecule has 1 saturated heterocycles. The van der Waals surface area contributed by atoms with Crippen LogP contribution >= 0.6 is 11.6 Å². The Morgan fingerprint density at radius 1 is 1.35 bits per heavy atom. The number of hydrogen-bond donors (Lipinski definition) is 1. The van der Waals surface area contributed by atoms with Crippen molar-refractivity contribution in [3.8, 4) is 0 Å². The van der Waals surface area contributed by atoms with Gasteiger partial charge in [-0.15, -0.1) is 0 Å². The number of carbonyl (C=O) groups excluding carboxylic acids is 3. The fraction of sp³-hybridized carbons (Fsp3) is 0.357. The molecule has 1 N–H and O–H groups in total. The molecule has 0 aromatic heterocycles. The Bertz CT molecular complexity index is 610. The summed E-state index contributed by atoms with van der Waals surface area (Å²) in [5.41, 5.74) is 0.116. The van der Waals surface area contributed by atoms with Gasteiger partial charge in [0.15, 0.2) is 0 Å². The number of aryl methyl sites for hydroxylation is 1. The number of rotatable bonds is 1. The van der Waals surface area contributed by atoms with Gasteiger partial charge < -0.3 is 4.90 Å². The van der Waals surface area contributed by atoms with Crippen molar-refractivity contribution in [2.24, 2.45) is 0 Å². The third kappa shape index (κ3) is 2.41. The summed E-state index contributed by atoms with van der Waals surface area (Å²) in [6.45, 7) is 4.88. The summed E-state index contributed by atoms with van der Waals surface area (Å²) in [6, 6.07) is 5.04. The standard InChI is InChI=1S/C14H15ClN2O3/c1-8-4-5-9(10(15)6-8)12(19)17-7-11(18)16-13(20)14(17,2)3/h4-6H,7H2,1-3H3,(H,16,18,20). The molecule has 1 fully saturated rings. The van der Waals surface area contributed by atoms with Crippen molar-refractivity contribution < 1.29 is 14.4 Å². The highest BCUT2D eigenvalue weighted by Crippen LogP contribution is 2.25. The summed E-state index contributed by atoms with van der Waals surface area (Å²) in [5.74, 6) is -1.42. The monoisotopic (exact) mass is 294 g/mol. The predicted octanol–water partition coefficient (Wildman–Crippen LogP) is 1.53. The lowest BCUT2D eigenvalue weighted by atomic mass is 9.97. The average molecular weight is 295 g/mol. The summed E-state index contributed by atoms with van der Waals surface area (Å²) < 4.78 is 0. The molecule has 0 unspecified atom stereocenters. The largest absolute Gasteiger partial charge is 0.315 e. The smallest absolute Gasteiger partial charge is 0.256 e. The van der Waals surface area contributed by atoms with E-state index in [0.29, 0.717) is 5.02 Å². The lowest BCUT2D eigenvalue weighted by molar-refractivity contribution is -0.143. The lowest BCUT2D eigenvalue weighted by Crippen LogP contribution is -2.65. The molecule has 1 heterocycles. The van der Waals surface area contributed by atoms with Gasteiger partial charge in [-0.25, -0.2) is 0 Å². The van der Waals surface area contributed by atoms with Gasteiger partial charge in [0.25, 0.3) is 11.8 Å². The quantitative estimate of drug-likeness (QED) is 0.799. The minimum atomic E-state index is -1.10. The molecule has 0 bridgehead atoms. The highest BCUT2D eigenvalue weighted by molar-refractivity contribution is 6.34. The van der Waals surface area contributed by atoms with Crippen molar-refractivity contribution in [3.05, 3.63) is 34.3 Å². The van der Waals surface area contributed by atoms with Crippen LogP contribution in [0.3, 0.4) is 0 Å². The molecule has 6 heteroatoms. The van der Waals surface area contributed by atoms with E-state index in [1.54, 1.807) is 32.0 Å². The lowest BCUT2D eigenvalue weighted by Gasteiger charge is -2.40. The van der Waals surface area contributed by atoms with E-state index in [4.69, 9.17) is 11.6 Å². The predicted molar refractivity (Wildman–Crippen MR) is 74.5 cm³/mol. The number of hydrogen-bond acceptors (Lipinski definition) is 3. The highest BCUT2D eigenvalue weighted by Gasteiger charge is 2.44. The highest BCUT2D eigenvalue weighted by atomic mass is 35.5. The molecule has 0 aliphatic carbocycles. The van der Waals surface area contributed by atoms with E-state index in [-0.39, 0.29) is 12.1 Å². The first-order valence-electron chi connectivity index (χ1n) is 6.16. The van der Waals surface area contributed by atoms with Crippen molar-refractivity contribution in [1.29, 1.82) is 0 Å². The Morgan fingerprint density at radius 3 is 2.60 bits per heavy atom. The summed E-state index contributed by atoms with van der Waals surface area (Å²) in [4.78, 5) is 37.1. The van der Waals surface area contributed by atoms with Gasteiger partial charge in [0.2, 0.25) is 5.91 Å². The molecule has 1 aromatic carbocycles. The molecule has 20 heavy (non-hydrogen) atoms. The maximum Gasteiger partial charge on any atom is 0.256 e. The molecular formula is C14H15ClN2O3. The van der Waals surface area contributed by atoms with E-state index in [9.17, 15) is 14.4 Å². The number of nitrogens with zero attached hydrogens (tertiary/aromatic N) is 1. The zero-order valence-electron chi connectivity index (χ0n) is 11.5. The molecule has 0 spiro atoms. The molecule has 1 aromatic rings. The number of nitrogens with one attached hydrogen (secondary N) is 1. The maximum absolute atomic E-state index is 12.5. The molecule has 2 rings (SSSR count). The Morgan fingerprint density at radius 2 is 2.00 bits per heavy atom. The number of halogens is 1. The van der Waals surface area contributed by atoms with Crippen molar-refractivity contribution >= 4 is 29.3 Å². The summed E-state index contributed by atoms with van der Waals surface area (Å²) in [6.07, 6.45) is 0. The van der Waals surface area contributed by atoms with Gasteiger partial charge in [0.05, 0.1) is 10.6 Å². The zero-order chi connectivity index (χ0) is 15.1. The first kappa shape index (κ1) is 14.5. The van der Waals surface area contributed by atoms with Gasteiger partial charge in [-0.3, -0.25) is 19.7 Å². The topological polar surface area (TPSA) is 66.5 Å². The molecule has 1 aliphatic rings. The summed E-state index contributed by atoms with van der Waals surface area (Å²) in [5, 5.41) is 2.53. The Kier molecular flexibility index (Phi) is 3.56. The van der Waals surface area contributed by atoms with Gasteiger partial charge in [-0.2, -0.15) is 0 Å². The summed E-state index contributed by atoms with van der Waals surface area (Å²) in [7, 11) is 0. The third-order valence-corrected chi connectivity index (χ3v) is 3.70. The van der Waals surface area contributed by atoms with Crippen molar-refractivity contribution in [1.82, 2.24) is 10.2 Å². The van der Waals surface area contributed by atoms with E-state index >= 15 is 0 Å². The number of benzene rings is 1. The molecule has 3 amide bonds. The zero-order valence-corrected chi connectivity index (χ0v) is 12.2. The second-order valence-electron chi connectivity index (χ2n) is 5.31. The van der Waals surface area contributed by atoms with Crippen LogP contribution < -0.4 is 5.32 Å². The second kappa shape index (κ2) is 4.90. The van der Waals surface area contributed by atoms with Gasteiger partial charge >= 0.3 is 0 Å². The van der Waals surface area contributed by atoms with Crippen molar-refractivity contribution in [2.45, 2.75) is 26.3 Å². The molecular weight excluding hydrogens is 280 g/mol. The van der Waals surface area contributed by atoms with Crippen LogP contribution in [0.2, 0.25) is 5.02 Å². The van der Waals surface area contributed by atoms with E-state index < -0.39 is 23.3 Å². The van der Waals surface area contributed by atoms with Crippen molar-refractivity contribution in [2.75, 3.05) is 6.54 Å². The third-order valence-electron chi connectivity index (χ3n) is 3.39. The molecule has 1 aliphatic heterocycles. The van der Waals surface area contributed by atoms with Crippen LogP contribution in [0.15, 0.2) is 18.2 Å². The van der Waals surface area contributed by atoms with Crippen LogP contribution in [0.4, 0.5) is 0 Å². The molecule has 0 radical (unpaired) electrons. The van der Waals surface area contributed by atoms with Gasteiger partial charge in [-0.1, -0.05) is 17.7 Å². The minimum absolute atomic E-state index is 0.165. The van der Waals surface area contributed by atoms with Crippen LogP contribution in [-0.2, 0) is 9.59 Å². The number of carbonyl (C=O) groups is 3. The molecule has 0 atom stereocenters.